The molecule has 130 valence electrons. The molecule has 0 aliphatic heterocycles. The molecule has 0 fully saturated rings. The Labute approximate surface area is 140 Å². The highest BCUT2D eigenvalue weighted by molar-refractivity contribution is 5.88. The molecule has 2 aromatic carbocycles. The minimum atomic E-state index is -0.704. The first-order chi connectivity index (χ1) is 11.9. The second kappa shape index (κ2) is 5.82. The Morgan fingerprint density at radius 2 is 1.52 bits per heavy atom. The fraction of sp³-hybridized carbons (Fsp3) is 0.118. The maximum atomic E-state index is 12.7. The molecule has 0 aliphatic rings. The predicted octanol–water partition coefficient (Wildman–Crippen LogP) is 2.30. The van der Waals surface area contributed by atoms with Crippen LogP contribution in [0.4, 0.5) is 0 Å². The molecule has 1 heterocycles. The Kier molecular flexibility index (Phi) is 3.80. The Hall–Kier alpha value is -3.55. The lowest BCUT2D eigenvalue weighted by atomic mass is 10.1. The zero-order chi connectivity index (χ0) is 18.3. The summed E-state index contributed by atoms with van der Waals surface area (Å²) in [5.74, 6) is -2.33. The van der Waals surface area contributed by atoms with E-state index < -0.39 is 22.7 Å². The van der Waals surface area contributed by atoms with Gasteiger partial charge in [0.2, 0.25) is 11.2 Å². The van der Waals surface area contributed by atoms with Crippen molar-refractivity contribution in [2.75, 3.05) is 14.2 Å². The van der Waals surface area contributed by atoms with E-state index >= 15 is 0 Å². The number of methoxy groups -OCH3 is 2. The maximum Gasteiger partial charge on any atom is 0.239 e. The molecule has 1 aromatic heterocycles. The van der Waals surface area contributed by atoms with Crippen LogP contribution in [0.15, 0.2) is 33.5 Å². The number of phenolic OH excluding ortho intramolecular Hbond substituents is 4. The summed E-state index contributed by atoms with van der Waals surface area (Å²) < 4.78 is 15.8. The number of fused-ring (bicyclic) bond motifs is 1. The molecule has 0 bridgehead atoms. The minimum Gasteiger partial charge on any atom is -0.507 e. The van der Waals surface area contributed by atoms with Gasteiger partial charge in [0, 0.05) is 17.7 Å². The van der Waals surface area contributed by atoms with Crippen LogP contribution in [0.3, 0.4) is 0 Å². The zero-order valence-corrected chi connectivity index (χ0v) is 13.2. The quantitative estimate of drug-likeness (QED) is 0.532. The monoisotopic (exact) mass is 346 g/mol. The van der Waals surface area contributed by atoms with Crippen LogP contribution >= 0.6 is 0 Å². The SMILES string of the molecule is COc1cc(O)c2c(=O)c(OC)c(-c3cc(O)c(O)c(O)c3)oc2c1. The molecule has 0 aliphatic carbocycles. The van der Waals surface area contributed by atoms with Crippen molar-refractivity contribution in [2.24, 2.45) is 0 Å². The maximum absolute atomic E-state index is 12.7. The second-order valence-electron chi connectivity index (χ2n) is 5.18. The molecule has 4 N–H and O–H groups in total. The lowest BCUT2D eigenvalue weighted by Gasteiger charge is -2.12. The molecule has 0 amide bonds. The number of hydrogen-bond acceptors (Lipinski definition) is 8. The fourth-order valence-corrected chi connectivity index (χ4v) is 2.49. The summed E-state index contributed by atoms with van der Waals surface area (Å²) in [5.41, 5.74) is -0.540. The molecule has 8 heteroatoms. The minimum absolute atomic E-state index is 0.0182. The molecular weight excluding hydrogens is 332 g/mol. The first kappa shape index (κ1) is 16.3. The fourth-order valence-electron chi connectivity index (χ4n) is 2.49. The van der Waals surface area contributed by atoms with Gasteiger partial charge in [-0.3, -0.25) is 4.79 Å². The van der Waals surface area contributed by atoms with Crippen molar-refractivity contribution in [3.63, 3.8) is 0 Å². The highest BCUT2D eigenvalue weighted by Crippen LogP contribution is 2.42. The van der Waals surface area contributed by atoms with Crippen molar-refractivity contribution < 1.29 is 34.3 Å². The smallest absolute Gasteiger partial charge is 0.239 e. The first-order valence-corrected chi connectivity index (χ1v) is 7.04. The number of ether oxygens (including phenoxy) is 2. The van der Waals surface area contributed by atoms with Crippen molar-refractivity contribution in [3.8, 4) is 45.8 Å². The van der Waals surface area contributed by atoms with E-state index in [2.05, 4.69) is 0 Å². The van der Waals surface area contributed by atoms with Crippen molar-refractivity contribution in [2.45, 2.75) is 0 Å². The van der Waals surface area contributed by atoms with Crippen molar-refractivity contribution in [1.82, 2.24) is 0 Å². The highest BCUT2D eigenvalue weighted by Gasteiger charge is 2.22. The third-order valence-electron chi connectivity index (χ3n) is 3.68. The van der Waals surface area contributed by atoms with Crippen molar-refractivity contribution in [1.29, 1.82) is 0 Å². The topological polar surface area (TPSA) is 130 Å². The van der Waals surface area contributed by atoms with Gasteiger partial charge in [0.05, 0.1) is 14.2 Å². The van der Waals surface area contributed by atoms with Gasteiger partial charge in [0.1, 0.15) is 22.5 Å². The Balaban J connectivity index is 2.41. The van der Waals surface area contributed by atoms with E-state index in [-0.39, 0.29) is 39.5 Å². The molecule has 0 radical (unpaired) electrons. The van der Waals surface area contributed by atoms with Crippen LogP contribution in [0.2, 0.25) is 0 Å². The average Bonchev–Trinajstić information content (AvgIpc) is 2.58. The lowest BCUT2D eigenvalue weighted by Crippen LogP contribution is -2.08. The first-order valence-electron chi connectivity index (χ1n) is 7.04. The van der Waals surface area contributed by atoms with E-state index in [1.165, 1.54) is 26.4 Å². The summed E-state index contributed by atoms with van der Waals surface area (Å²) >= 11 is 0. The van der Waals surface area contributed by atoms with Crippen LogP contribution in [0, 0.1) is 0 Å². The molecule has 0 spiro atoms. The molecule has 8 nitrogen and oxygen atoms in total. The normalized spacial score (nSPS) is 10.8. The van der Waals surface area contributed by atoms with E-state index in [0.717, 1.165) is 12.1 Å². The third-order valence-corrected chi connectivity index (χ3v) is 3.68. The number of aromatic hydroxyl groups is 4. The summed E-state index contributed by atoms with van der Waals surface area (Å²) in [5, 5.41) is 38.8. The number of benzene rings is 2. The van der Waals surface area contributed by atoms with Gasteiger partial charge < -0.3 is 34.3 Å². The van der Waals surface area contributed by atoms with Crippen molar-refractivity contribution in [3.05, 3.63) is 34.5 Å². The van der Waals surface area contributed by atoms with Gasteiger partial charge in [-0.25, -0.2) is 0 Å². The standard InChI is InChI=1S/C17H14O8/c1-23-8-5-9(18)13-12(6-8)25-16(17(24-2)15(13)22)7-3-10(19)14(21)11(20)4-7/h3-6,18-21H,1-2H3. The summed E-state index contributed by atoms with van der Waals surface area (Å²) in [6.07, 6.45) is 0. The second-order valence-corrected chi connectivity index (χ2v) is 5.18. The molecule has 0 saturated carbocycles. The summed E-state index contributed by atoms with van der Waals surface area (Å²) in [7, 11) is 2.63. The Morgan fingerprint density at radius 3 is 2.08 bits per heavy atom. The molecule has 25 heavy (non-hydrogen) atoms. The highest BCUT2D eigenvalue weighted by atomic mass is 16.5. The zero-order valence-electron chi connectivity index (χ0n) is 13.2. The number of rotatable bonds is 3. The van der Waals surface area contributed by atoms with E-state index in [4.69, 9.17) is 13.9 Å². The molecule has 0 atom stereocenters. The van der Waals surface area contributed by atoms with Crippen LogP contribution in [-0.4, -0.2) is 34.6 Å². The van der Waals surface area contributed by atoms with E-state index in [1.54, 1.807) is 0 Å². The van der Waals surface area contributed by atoms with E-state index in [9.17, 15) is 25.2 Å². The van der Waals surface area contributed by atoms with Crippen LogP contribution in [-0.2, 0) is 0 Å². The van der Waals surface area contributed by atoms with Crippen LogP contribution in [0.1, 0.15) is 0 Å². The number of hydrogen-bond donors (Lipinski definition) is 4. The van der Waals surface area contributed by atoms with Gasteiger partial charge in [0.25, 0.3) is 0 Å². The molecule has 3 rings (SSSR count). The van der Waals surface area contributed by atoms with Gasteiger partial charge in [0.15, 0.2) is 23.0 Å². The molecule has 0 saturated heterocycles. The van der Waals surface area contributed by atoms with Gasteiger partial charge in [-0.05, 0) is 12.1 Å². The van der Waals surface area contributed by atoms with Gasteiger partial charge in [-0.2, -0.15) is 0 Å². The molecule has 3 aromatic rings. The number of phenols is 4. The van der Waals surface area contributed by atoms with Gasteiger partial charge >= 0.3 is 0 Å². The summed E-state index contributed by atoms with van der Waals surface area (Å²) in [4.78, 5) is 12.7. The Morgan fingerprint density at radius 1 is 0.880 bits per heavy atom. The van der Waals surface area contributed by atoms with Gasteiger partial charge in [-0.15, -0.1) is 0 Å². The molecule has 0 unspecified atom stereocenters. The predicted molar refractivity (Wildman–Crippen MR) is 87.7 cm³/mol. The van der Waals surface area contributed by atoms with E-state index in [0.29, 0.717) is 0 Å². The van der Waals surface area contributed by atoms with E-state index in [1.807, 2.05) is 0 Å². The largest absolute Gasteiger partial charge is 0.507 e. The lowest BCUT2D eigenvalue weighted by molar-refractivity contribution is 0.367. The van der Waals surface area contributed by atoms with Crippen LogP contribution in [0.5, 0.6) is 34.5 Å². The third kappa shape index (κ3) is 2.53. The summed E-state index contributed by atoms with van der Waals surface area (Å²) in [6, 6.07) is 4.86. The van der Waals surface area contributed by atoms with Crippen molar-refractivity contribution >= 4 is 11.0 Å². The van der Waals surface area contributed by atoms with Crippen LogP contribution < -0.4 is 14.9 Å². The summed E-state index contributed by atoms with van der Waals surface area (Å²) in [6.45, 7) is 0. The Bertz CT molecular complexity index is 1010. The van der Waals surface area contributed by atoms with Gasteiger partial charge in [-0.1, -0.05) is 0 Å². The van der Waals surface area contributed by atoms with Crippen LogP contribution in [0.25, 0.3) is 22.3 Å². The average molecular weight is 346 g/mol. The molecular formula is C17H14O8.